The van der Waals surface area contributed by atoms with Crippen LogP contribution in [0.4, 0.5) is 5.69 Å². The first kappa shape index (κ1) is 21.2. The smallest absolute Gasteiger partial charge is 0.265 e. The molecule has 0 unspecified atom stereocenters. The maximum absolute atomic E-state index is 13.4. The Bertz CT molecular complexity index is 1220. The molecular formula is C21H18Cl2N2O3S2. The summed E-state index contributed by atoms with van der Waals surface area (Å²) in [7, 11) is -2.24. The lowest BCUT2D eigenvalue weighted by atomic mass is 10.2. The summed E-state index contributed by atoms with van der Waals surface area (Å²) in [6, 6.07) is 15.4. The monoisotopic (exact) mass is 480 g/mol. The average molecular weight is 481 g/mol. The fraction of sp³-hybridized carbons (Fsp3) is 0.190. The molecule has 0 saturated heterocycles. The van der Waals surface area contributed by atoms with E-state index in [0.29, 0.717) is 29.5 Å². The van der Waals surface area contributed by atoms with E-state index >= 15 is 0 Å². The number of nitrogens with zero attached hydrogens (tertiary/aromatic N) is 2. The Labute approximate surface area is 189 Å². The van der Waals surface area contributed by atoms with Gasteiger partial charge >= 0.3 is 0 Å². The fourth-order valence-electron chi connectivity index (χ4n) is 3.47. The van der Waals surface area contributed by atoms with Crippen LogP contribution in [0.5, 0.6) is 0 Å². The van der Waals surface area contributed by atoms with Crippen LogP contribution in [-0.4, -0.2) is 32.8 Å². The molecule has 2 aromatic carbocycles. The van der Waals surface area contributed by atoms with Crippen LogP contribution in [0.25, 0.3) is 0 Å². The molecule has 3 aromatic rings. The van der Waals surface area contributed by atoms with Gasteiger partial charge < -0.3 is 4.90 Å². The van der Waals surface area contributed by atoms with Gasteiger partial charge in [-0.2, -0.15) is 0 Å². The van der Waals surface area contributed by atoms with Crippen LogP contribution in [0.15, 0.2) is 59.5 Å². The molecule has 5 nitrogen and oxygen atoms in total. The zero-order chi connectivity index (χ0) is 21.5. The Hall–Kier alpha value is -2.06. The van der Waals surface area contributed by atoms with Gasteiger partial charge in [0.1, 0.15) is 4.90 Å². The SMILES string of the molecule is CN(Cc1ccc(Cl)s1)C(=O)c1ccc(Cl)c(S(=O)(=O)N2CCc3ccccc32)c1. The van der Waals surface area contributed by atoms with Crippen molar-refractivity contribution in [2.45, 2.75) is 17.9 Å². The number of rotatable bonds is 5. The number of para-hydroxylation sites is 1. The third-order valence-electron chi connectivity index (χ3n) is 4.96. The Kier molecular flexibility index (Phi) is 5.81. The molecule has 30 heavy (non-hydrogen) atoms. The molecule has 0 aliphatic carbocycles. The van der Waals surface area contributed by atoms with Gasteiger partial charge in [-0.1, -0.05) is 41.4 Å². The molecule has 1 aromatic heterocycles. The maximum Gasteiger partial charge on any atom is 0.265 e. The third-order valence-corrected chi connectivity index (χ3v) is 8.47. The van der Waals surface area contributed by atoms with Crippen molar-refractivity contribution >= 4 is 56.2 Å². The minimum atomic E-state index is -3.90. The van der Waals surface area contributed by atoms with Crippen LogP contribution in [0.2, 0.25) is 9.36 Å². The van der Waals surface area contributed by atoms with Gasteiger partial charge in [0, 0.05) is 24.0 Å². The van der Waals surface area contributed by atoms with Gasteiger partial charge in [0.05, 0.1) is 21.6 Å². The first-order chi connectivity index (χ1) is 14.3. The Balaban J connectivity index is 1.64. The summed E-state index contributed by atoms with van der Waals surface area (Å²) in [5.41, 5.74) is 1.88. The van der Waals surface area contributed by atoms with Gasteiger partial charge in [-0.3, -0.25) is 9.10 Å². The predicted octanol–water partition coefficient (Wildman–Crippen LogP) is 5.08. The van der Waals surface area contributed by atoms with Gasteiger partial charge in [0.2, 0.25) is 0 Å². The quantitative estimate of drug-likeness (QED) is 0.511. The number of amides is 1. The van der Waals surface area contributed by atoms with E-state index in [-0.39, 0.29) is 21.4 Å². The summed E-state index contributed by atoms with van der Waals surface area (Å²) in [6.45, 7) is 0.718. The first-order valence-electron chi connectivity index (χ1n) is 9.17. The topological polar surface area (TPSA) is 57.7 Å². The molecule has 156 valence electrons. The molecule has 1 amide bonds. The Morgan fingerprint density at radius 3 is 2.63 bits per heavy atom. The van der Waals surface area contributed by atoms with Crippen LogP contribution in [-0.2, 0) is 23.0 Å². The largest absolute Gasteiger partial charge is 0.337 e. The number of halogens is 2. The molecule has 0 bridgehead atoms. The van der Waals surface area contributed by atoms with Crippen molar-refractivity contribution in [3.63, 3.8) is 0 Å². The summed E-state index contributed by atoms with van der Waals surface area (Å²) < 4.78 is 28.7. The summed E-state index contributed by atoms with van der Waals surface area (Å²) in [5.74, 6) is -0.297. The molecule has 0 radical (unpaired) electrons. The van der Waals surface area contributed by atoms with Gasteiger partial charge in [0.25, 0.3) is 15.9 Å². The van der Waals surface area contributed by atoms with E-state index in [4.69, 9.17) is 23.2 Å². The number of anilines is 1. The van der Waals surface area contributed by atoms with Crippen molar-refractivity contribution in [3.8, 4) is 0 Å². The second-order valence-corrected chi connectivity index (χ2v) is 11.0. The second-order valence-electron chi connectivity index (χ2n) is 6.97. The lowest BCUT2D eigenvalue weighted by Crippen LogP contribution is -2.30. The van der Waals surface area contributed by atoms with E-state index < -0.39 is 10.0 Å². The lowest BCUT2D eigenvalue weighted by molar-refractivity contribution is 0.0786. The normalized spacial score (nSPS) is 13.4. The highest BCUT2D eigenvalue weighted by atomic mass is 35.5. The third kappa shape index (κ3) is 3.95. The molecule has 4 rings (SSSR count). The van der Waals surface area contributed by atoms with Crippen LogP contribution in [0.1, 0.15) is 20.8 Å². The molecular weight excluding hydrogens is 463 g/mol. The van der Waals surface area contributed by atoms with E-state index in [9.17, 15) is 13.2 Å². The molecule has 0 N–H and O–H groups in total. The van der Waals surface area contributed by atoms with E-state index in [1.165, 1.54) is 32.7 Å². The number of thiophene rings is 1. The Morgan fingerprint density at radius 2 is 1.90 bits per heavy atom. The van der Waals surface area contributed by atoms with Crippen molar-refractivity contribution in [1.29, 1.82) is 0 Å². The van der Waals surface area contributed by atoms with Crippen LogP contribution in [0, 0.1) is 0 Å². The lowest BCUT2D eigenvalue weighted by Gasteiger charge is -2.21. The molecule has 9 heteroatoms. The Morgan fingerprint density at radius 1 is 1.13 bits per heavy atom. The van der Waals surface area contributed by atoms with Gasteiger partial charge in [-0.25, -0.2) is 8.42 Å². The van der Waals surface area contributed by atoms with Crippen molar-refractivity contribution < 1.29 is 13.2 Å². The zero-order valence-electron chi connectivity index (χ0n) is 16.0. The number of sulfonamides is 1. The highest BCUT2D eigenvalue weighted by molar-refractivity contribution is 7.93. The molecule has 0 saturated carbocycles. The summed E-state index contributed by atoms with van der Waals surface area (Å²) in [5, 5.41) is 0.0867. The summed E-state index contributed by atoms with van der Waals surface area (Å²) in [6.07, 6.45) is 0.637. The number of carbonyl (C=O) groups is 1. The van der Waals surface area contributed by atoms with Gasteiger partial charge in [-0.05, 0) is 48.4 Å². The molecule has 0 fully saturated rings. The maximum atomic E-state index is 13.4. The summed E-state index contributed by atoms with van der Waals surface area (Å²) >= 11 is 13.6. The van der Waals surface area contributed by atoms with E-state index in [0.717, 1.165) is 10.4 Å². The zero-order valence-corrected chi connectivity index (χ0v) is 19.2. The van der Waals surface area contributed by atoms with Gasteiger partial charge in [0.15, 0.2) is 0 Å². The van der Waals surface area contributed by atoms with Crippen molar-refractivity contribution in [2.24, 2.45) is 0 Å². The van der Waals surface area contributed by atoms with Crippen molar-refractivity contribution in [3.05, 3.63) is 80.0 Å². The molecule has 0 atom stereocenters. The van der Waals surface area contributed by atoms with Crippen molar-refractivity contribution in [1.82, 2.24) is 4.90 Å². The van der Waals surface area contributed by atoms with E-state index in [2.05, 4.69) is 0 Å². The van der Waals surface area contributed by atoms with Gasteiger partial charge in [-0.15, -0.1) is 11.3 Å². The average Bonchev–Trinajstić information content (AvgIpc) is 3.34. The van der Waals surface area contributed by atoms with Crippen LogP contribution >= 0.6 is 34.5 Å². The minimum Gasteiger partial charge on any atom is -0.337 e. The number of hydrogen-bond acceptors (Lipinski definition) is 4. The highest BCUT2D eigenvalue weighted by Crippen LogP contribution is 2.35. The summed E-state index contributed by atoms with van der Waals surface area (Å²) in [4.78, 5) is 15.3. The minimum absolute atomic E-state index is 0.0701. The van der Waals surface area contributed by atoms with Crippen LogP contribution < -0.4 is 4.31 Å². The number of benzene rings is 2. The van der Waals surface area contributed by atoms with E-state index in [1.54, 1.807) is 31.3 Å². The predicted molar refractivity (Wildman–Crippen MR) is 121 cm³/mol. The fourth-order valence-corrected chi connectivity index (χ4v) is 6.62. The number of hydrogen-bond donors (Lipinski definition) is 0. The van der Waals surface area contributed by atoms with Crippen molar-refractivity contribution in [2.75, 3.05) is 17.9 Å². The number of fused-ring (bicyclic) bond motifs is 1. The highest BCUT2D eigenvalue weighted by Gasteiger charge is 2.32. The van der Waals surface area contributed by atoms with Crippen LogP contribution in [0.3, 0.4) is 0 Å². The van der Waals surface area contributed by atoms with E-state index in [1.807, 2.05) is 18.2 Å². The first-order valence-corrected chi connectivity index (χ1v) is 12.2. The molecule has 1 aliphatic heterocycles. The standard InChI is InChI=1S/C21H18Cl2N2O3S2/c1-24(13-16-7-9-20(23)29-16)21(26)15-6-8-17(22)19(12-15)30(27,28)25-11-10-14-4-2-3-5-18(14)25/h2-9,12H,10-11,13H2,1H3. The second kappa shape index (κ2) is 8.23. The molecule has 0 spiro atoms. The number of carbonyl (C=O) groups excluding carboxylic acids is 1. The molecule has 1 aliphatic rings. The molecule has 2 heterocycles.